The minimum atomic E-state index is -1.31. The number of hydrogen-bond acceptors (Lipinski definition) is 5. The number of hydrogen-bond donors (Lipinski definition) is 3. The number of aromatic hydroxyl groups is 3. The topological polar surface area (TPSA) is 90.9 Å². The minimum absolute atomic E-state index is 0.0801. The number of benzene rings is 2. The number of phenols is 3. The average Bonchev–Trinajstić information content (AvgIpc) is 2.51. The molecular weight excluding hydrogens is 279 g/mol. The molecule has 6 heteroatoms. The first-order valence-electron chi connectivity index (χ1n) is 5.96. The van der Waals surface area contributed by atoms with Crippen LogP contribution in [0.3, 0.4) is 0 Å². The van der Waals surface area contributed by atoms with Gasteiger partial charge >= 0.3 is 0 Å². The number of rotatable bonds is 1. The quantitative estimate of drug-likeness (QED) is 0.599. The van der Waals surface area contributed by atoms with Crippen LogP contribution in [0.5, 0.6) is 17.2 Å². The number of halogens is 1. The summed E-state index contributed by atoms with van der Waals surface area (Å²) >= 11 is 0. The SMILES string of the molecule is O=c1cc(-c2ccccc2)oc2c(F)c(O)c(O)c(O)c12. The third kappa shape index (κ3) is 1.88. The van der Waals surface area contributed by atoms with Gasteiger partial charge in [-0.15, -0.1) is 0 Å². The van der Waals surface area contributed by atoms with E-state index in [-0.39, 0.29) is 5.76 Å². The lowest BCUT2D eigenvalue weighted by Gasteiger charge is -2.08. The Balaban J connectivity index is 2.43. The third-order valence-corrected chi connectivity index (χ3v) is 3.10. The molecule has 0 fully saturated rings. The van der Waals surface area contributed by atoms with E-state index in [2.05, 4.69) is 0 Å². The van der Waals surface area contributed by atoms with E-state index in [0.29, 0.717) is 5.56 Å². The van der Waals surface area contributed by atoms with Crippen molar-refractivity contribution in [2.45, 2.75) is 0 Å². The van der Waals surface area contributed by atoms with Crippen LogP contribution in [0.15, 0.2) is 45.6 Å². The Morgan fingerprint density at radius 3 is 2.29 bits per heavy atom. The van der Waals surface area contributed by atoms with E-state index in [1.54, 1.807) is 30.3 Å². The summed E-state index contributed by atoms with van der Waals surface area (Å²) in [6.07, 6.45) is 0. The van der Waals surface area contributed by atoms with Crippen molar-refractivity contribution in [3.8, 4) is 28.6 Å². The molecule has 21 heavy (non-hydrogen) atoms. The minimum Gasteiger partial charge on any atom is -0.504 e. The van der Waals surface area contributed by atoms with Gasteiger partial charge in [-0.3, -0.25) is 4.79 Å². The van der Waals surface area contributed by atoms with Crippen molar-refractivity contribution in [2.75, 3.05) is 0 Å². The van der Waals surface area contributed by atoms with Crippen LogP contribution in [-0.4, -0.2) is 15.3 Å². The normalized spacial score (nSPS) is 10.9. The average molecular weight is 288 g/mol. The van der Waals surface area contributed by atoms with Crippen molar-refractivity contribution in [3.05, 3.63) is 52.4 Å². The van der Waals surface area contributed by atoms with Crippen LogP contribution < -0.4 is 5.43 Å². The van der Waals surface area contributed by atoms with Gasteiger partial charge in [0.2, 0.25) is 17.3 Å². The highest BCUT2D eigenvalue weighted by atomic mass is 19.1. The molecule has 0 aliphatic carbocycles. The second-order valence-electron chi connectivity index (χ2n) is 4.40. The fourth-order valence-corrected chi connectivity index (χ4v) is 2.06. The second-order valence-corrected chi connectivity index (χ2v) is 4.40. The van der Waals surface area contributed by atoms with E-state index in [4.69, 9.17) is 4.42 Å². The lowest BCUT2D eigenvalue weighted by Crippen LogP contribution is -2.02. The first-order valence-corrected chi connectivity index (χ1v) is 5.96. The molecule has 0 saturated heterocycles. The fourth-order valence-electron chi connectivity index (χ4n) is 2.06. The van der Waals surface area contributed by atoms with Gasteiger partial charge in [-0.1, -0.05) is 30.3 Å². The van der Waals surface area contributed by atoms with Crippen LogP contribution in [0.25, 0.3) is 22.3 Å². The third-order valence-electron chi connectivity index (χ3n) is 3.10. The number of phenolic OH excluding ortho intramolecular Hbond substituents is 3. The Labute approximate surface area is 117 Å². The van der Waals surface area contributed by atoms with Crippen LogP contribution in [0.2, 0.25) is 0 Å². The molecule has 0 spiro atoms. The van der Waals surface area contributed by atoms with E-state index in [1.165, 1.54) is 0 Å². The van der Waals surface area contributed by atoms with Crippen LogP contribution in [0, 0.1) is 5.82 Å². The van der Waals surface area contributed by atoms with E-state index in [9.17, 15) is 24.5 Å². The summed E-state index contributed by atoms with van der Waals surface area (Å²) in [7, 11) is 0. The van der Waals surface area contributed by atoms with Crippen molar-refractivity contribution in [3.63, 3.8) is 0 Å². The first kappa shape index (κ1) is 13.0. The molecule has 106 valence electrons. The fraction of sp³-hybridized carbons (Fsp3) is 0. The Kier molecular flexibility index (Phi) is 2.79. The van der Waals surface area contributed by atoms with Crippen molar-refractivity contribution in [1.29, 1.82) is 0 Å². The molecule has 0 aliphatic heterocycles. The van der Waals surface area contributed by atoms with Crippen LogP contribution in [0.1, 0.15) is 0 Å². The highest BCUT2D eigenvalue weighted by Gasteiger charge is 2.23. The van der Waals surface area contributed by atoms with Crippen LogP contribution in [0.4, 0.5) is 4.39 Å². The summed E-state index contributed by atoms with van der Waals surface area (Å²) in [6.45, 7) is 0. The first-order chi connectivity index (χ1) is 10.0. The van der Waals surface area contributed by atoms with Crippen molar-refractivity contribution in [2.24, 2.45) is 0 Å². The molecule has 0 saturated carbocycles. The van der Waals surface area contributed by atoms with Crippen LogP contribution >= 0.6 is 0 Å². The molecule has 0 radical (unpaired) electrons. The molecule has 3 N–H and O–H groups in total. The highest BCUT2D eigenvalue weighted by molar-refractivity contribution is 5.89. The predicted octanol–water partition coefficient (Wildman–Crippen LogP) is 2.72. The molecule has 0 atom stereocenters. The smallest absolute Gasteiger partial charge is 0.212 e. The summed E-state index contributed by atoms with van der Waals surface area (Å²) in [4.78, 5) is 12.0. The second kappa shape index (κ2) is 4.52. The molecule has 0 bridgehead atoms. The molecule has 1 heterocycles. The van der Waals surface area contributed by atoms with E-state index in [1.807, 2.05) is 0 Å². The largest absolute Gasteiger partial charge is 0.504 e. The zero-order chi connectivity index (χ0) is 15.1. The zero-order valence-electron chi connectivity index (χ0n) is 10.5. The van der Waals surface area contributed by atoms with Crippen molar-refractivity contribution < 1.29 is 24.1 Å². The van der Waals surface area contributed by atoms with Gasteiger partial charge in [0, 0.05) is 11.6 Å². The van der Waals surface area contributed by atoms with Gasteiger partial charge < -0.3 is 19.7 Å². The maximum Gasteiger partial charge on any atom is 0.212 e. The van der Waals surface area contributed by atoms with E-state index in [0.717, 1.165) is 6.07 Å². The lowest BCUT2D eigenvalue weighted by molar-refractivity contribution is 0.353. The van der Waals surface area contributed by atoms with Gasteiger partial charge in [0.05, 0.1) is 0 Å². The maximum absolute atomic E-state index is 14.0. The highest BCUT2D eigenvalue weighted by Crippen LogP contribution is 2.43. The summed E-state index contributed by atoms with van der Waals surface area (Å²) in [5.41, 5.74) is -0.820. The number of fused-ring (bicyclic) bond motifs is 1. The molecule has 0 amide bonds. The molecule has 2 aromatic carbocycles. The van der Waals surface area contributed by atoms with Crippen molar-refractivity contribution in [1.82, 2.24) is 0 Å². The molecular formula is C15H9FO5. The molecule has 0 unspecified atom stereocenters. The Morgan fingerprint density at radius 2 is 1.62 bits per heavy atom. The summed E-state index contributed by atoms with van der Waals surface area (Å²) in [6, 6.07) is 9.57. The van der Waals surface area contributed by atoms with Crippen molar-refractivity contribution >= 4 is 11.0 Å². The van der Waals surface area contributed by atoms with Gasteiger partial charge in [-0.05, 0) is 0 Å². The van der Waals surface area contributed by atoms with Gasteiger partial charge in [-0.25, -0.2) is 0 Å². The lowest BCUT2D eigenvalue weighted by atomic mass is 10.1. The maximum atomic E-state index is 14.0. The molecule has 3 aromatic rings. The monoisotopic (exact) mass is 288 g/mol. The van der Waals surface area contributed by atoms with Gasteiger partial charge in [-0.2, -0.15) is 4.39 Å². The molecule has 5 nitrogen and oxygen atoms in total. The standard InChI is InChI=1S/C15H9FO5/c16-11-13(19)14(20)12(18)10-8(17)6-9(21-15(10)11)7-4-2-1-3-5-7/h1-6,18-20H. The predicted molar refractivity (Wildman–Crippen MR) is 72.9 cm³/mol. The van der Waals surface area contributed by atoms with E-state index >= 15 is 0 Å². The van der Waals surface area contributed by atoms with Gasteiger partial charge in [0.1, 0.15) is 11.1 Å². The summed E-state index contributed by atoms with van der Waals surface area (Å²) < 4.78 is 19.2. The Bertz CT molecular complexity index is 900. The van der Waals surface area contributed by atoms with E-state index < -0.39 is 39.5 Å². The molecule has 3 rings (SSSR count). The van der Waals surface area contributed by atoms with Crippen LogP contribution in [-0.2, 0) is 0 Å². The Morgan fingerprint density at radius 1 is 0.952 bits per heavy atom. The summed E-state index contributed by atoms with van der Waals surface area (Å²) in [5, 5.41) is 27.9. The van der Waals surface area contributed by atoms with Gasteiger partial charge in [0.15, 0.2) is 16.8 Å². The zero-order valence-corrected chi connectivity index (χ0v) is 10.5. The summed E-state index contributed by atoms with van der Waals surface area (Å²) in [5.74, 6) is -4.42. The van der Waals surface area contributed by atoms with Gasteiger partial charge in [0.25, 0.3) is 0 Å². The molecule has 0 aliphatic rings. The molecule has 1 aromatic heterocycles. The Hall–Kier alpha value is -3.02.